The number of fused-ring (bicyclic) bond motifs is 4. The SMILES string of the molecule is O=C(c1ccccc1)c1ccc(N2C(=O)C3CC=C4C(CC5C(=O)N(c6cccc(Cl)c6)C(=O)C5(c5ccccc5)C4c4cccc(O)c4)C3C2=O)cc1. The molecule has 0 aromatic heterocycles. The van der Waals surface area contributed by atoms with E-state index in [9.17, 15) is 24.3 Å². The van der Waals surface area contributed by atoms with Crippen LogP contribution in [0.1, 0.15) is 45.8 Å². The van der Waals surface area contributed by atoms with Crippen LogP contribution in [0.15, 0.2) is 145 Å². The number of phenols is 1. The van der Waals surface area contributed by atoms with Crippen LogP contribution in [0.5, 0.6) is 5.75 Å². The first-order chi connectivity index (χ1) is 26.2. The van der Waals surface area contributed by atoms with Gasteiger partial charge in [-0.25, -0.2) is 4.90 Å². The molecular weight excluding hydrogens is 700 g/mol. The first-order valence-electron chi connectivity index (χ1n) is 18.0. The zero-order valence-electron chi connectivity index (χ0n) is 28.8. The van der Waals surface area contributed by atoms with Gasteiger partial charge in [0.05, 0.1) is 34.5 Å². The number of allylic oxidation sites excluding steroid dienone is 2. The van der Waals surface area contributed by atoms with Crippen LogP contribution < -0.4 is 9.80 Å². The second kappa shape index (κ2) is 12.8. The molecule has 1 N–H and O–H groups in total. The molecule has 4 aliphatic rings. The van der Waals surface area contributed by atoms with Crippen LogP contribution in [0.4, 0.5) is 11.4 Å². The minimum atomic E-state index is -1.43. The fourth-order valence-corrected chi connectivity index (χ4v) is 9.78. The van der Waals surface area contributed by atoms with Crippen LogP contribution in [0, 0.1) is 23.7 Å². The van der Waals surface area contributed by atoms with Gasteiger partial charge >= 0.3 is 0 Å². The van der Waals surface area contributed by atoms with Gasteiger partial charge in [-0.15, -0.1) is 0 Å². The van der Waals surface area contributed by atoms with Crippen LogP contribution in [0.25, 0.3) is 0 Å². The first kappa shape index (κ1) is 33.7. The standard InChI is InChI=1S/C45H33ClN2O6/c46-30-14-8-15-32(24-30)48-42(52)37-25-36-34(39(28-11-7-16-33(49)23-28)45(37,44(48)54)29-12-5-2-6-13-29)21-22-35-38(36)43(53)47(41(35)51)31-19-17-27(18-20-31)40(50)26-9-3-1-4-10-26/h1-21,23-24,35-39,49H,22,25H2. The number of rotatable bonds is 6. The van der Waals surface area contributed by atoms with Gasteiger partial charge in [0.1, 0.15) is 5.75 Å². The number of hydrogen-bond acceptors (Lipinski definition) is 6. The normalized spacial score (nSPS) is 25.9. The summed E-state index contributed by atoms with van der Waals surface area (Å²) in [5.74, 6) is -5.42. The van der Waals surface area contributed by atoms with E-state index in [2.05, 4.69) is 0 Å². The molecule has 8 nitrogen and oxygen atoms in total. The fraction of sp³-hybridized carbons (Fsp3) is 0.178. The Morgan fingerprint density at radius 3 is 2.06 bits per heavy atom. The van der Waals surface area contributed by atoms with Gasteiger partial charge in [-0.05, 0) is 84.5 Å². The maximum absolute atomic E-state index is 15.3. The molecule has 0 spiro atoms. The van der Waals surface area contributed by atoms with E-state index in [0.29, 0.717) is 38.7 Å². The van der Waals surface area contributed by atoms with Crippen molar-refractivity contribution in [3.05, 3.63) is 172 Å². The van der Waals surface area contributed by atoms with E-state index < -0.39 is 46.8 Å². The van der Waals surface area contributed by atoms with Crippen molar-refractivity contribution in [2.24, 2.45) is 23.7 Å². The smallest absolute Gasteiger partial charge is 0.246 e. The highest BCUT2D eigenvalue weighted by Gasteiger charge is 2.70. The molecule has 3 fully saturated rings. The minimum Gasteiger partial charge on any atom is -0.508 e. The molecule has 9 heteroatoms. The number of hydrogen-bond donors (Lipinski definition) is 1. The van der Waals surface area contributed by atoms with Gasteiger partial charge in [-0.3, -0.25) is 28.9 Å². The Morgan fingerprint density at radius 2 is 1.35 bits per heavy atom. The Labute approximate surface area is 316 Å². The van der Waals surface area contributed by atoms with Crippen molar-refractivity contribution < 1.29 is 29.1 Å². The number of imide groups is 2. The maximum atomic E-state index is 15.3. The van der Waals surface area contributed by atoms with Gasteiger partial charge in [-0.1, -0.05) is 102 Å². The number of nitrogens with zero attached hydrogens (tertiary/aromatic N) is 2. The number of anilines is 2. The van der Waals surface area contributed by atoms with Crippen molar-refractivity contribution >= 4 is 52.4 Å². The van der Waals surface area contributed by atoms with E-state index in [0.717, 1.165) is 5.57 Å². The van der Waals surface area contributed by atoms with Gasteiger partial charge in [0.2, 0.25) is 23.6 Å². The summed E-state index contributed by atoms with van der Waals surface area (Å²) in [6, 6.07) is 38.0. The summed E-state index contributed by atoms with van der Waals surface area (Å²) in [6.07, 6.45) is 2.39. The Kier molecular flexibility index (Phi) is 7.97. The molecule has 5 aromatic rings. The number of carbonyl (C=O) groups is 5. The molecule has 9 rings (SSSR count). The van der Waals surface area contributed by atoms with Gasteiger partial charge in [0.25, 0.3) is 0 Å². The molecule has 2 aliphatic carbocycles. The Bertz CT molecular complexity index is 2410. The van der Waals surface area contributed by atoms with Gasteiger partial charge < -0.3 is 5.11 Å². The van der Waals surface area contributed by atoms with Crippen LogP contribution in [0.3, 0.4) is 0 Å². The van der Waals surface area contributed by atoms with Crippen LogP contribution >= 0.6 is 11.6 Å². The molecule has 2 heterocycles. The minimum absolute atomic E-state index is 0.000343. The molecule has 6 unspecified atom stereocenters. The lowest BCUT2D eigenvalue weighted by Gasteiger charge is -2.50. The number of amides is 4. The van der Waals surface area contributed by atoms with Gasteiger partial charge in [0, 0.05) is 22.1 Å². The number of ketones is 1. The summed E-state index contributed by atoms with van der Waals surface area (Å²) in [4.78, 5) is 74.6. The summed E-state index contributed by atoms with van der Waals surface area (Å²) < 4.78 is 0. The van der Waals surface area contributed by atoms with E-state index in [1.54, 1.807) is 91.0 Å². The van der Waals surface area contributed by atoms with Crippen molar-refractivity contribution in [2.45, 2.75) is 24.2 Å². The van der Waals surface area contributed by atoms with Gasteiger partial charge in [-0.2, -0.15) is 0 Å². The van der Waals surface area contributed by atoms with Crippen LogP contribution in [-0.2, 0) is 24.6 Å². The topological polar surface area (TPSA) is 112 Å². The highest BCUT2D eigenvalue weighted by molar-refractivity contribution is 6.32. The summed E-state index contributed by atoms with van der Waals surface area (Å²) in [5, 5.41) is 11.2. The van der Waals surface area contributed by atoms with E-state index in [1.807, 2.05) is 48.5 Å². The molecule has 5 aromatic carbocycles. The predicted molar refractivity (Wildman–Crippen MR) is 203 cm³/mol. The monoisotopic (exact) mass is 732 g/mol. The van der Waals surface area contributed by atoms with Crippen LogP contribution in [-0.4, -0.2) is 34.5 Å². The van der Waals surface area contributed by atoms with Crippen molar-refractivity contribution in [3.8, 4) is 5.75 Å². The van der Waals surface area contributed by atoms with E-state index in [4.69, 9.17) is 11.6 Å². The van der Waals surface area contributed by atoms with E-state index in [-0.39, 0.29) is 36.2 Å². The third kappa shape index (κ3) is 4.93. The molecule has 266 valence electrons. The number of carbonyl (C=O) groups excluding carboxylic acids is 5. The highest BCUT2D eigenvalue weighted by atomic mass is 35.5. The Balaban J connectivity index is 1.16. The Morgan fingerprint density at radius 1 is 0.667 bits per heavy atom. The molecule has 54 heavy (non-hydrogen) atoms. The lowest BCUT2D eigenvalue weighted by atomic mass is 9.49. The number of aromatic hydroxyl groups is 1. The predicted octanol–water partition coefficient (Wildman–Crippen LogP) is 7.64. The number of halogens is 1. The molecule has 0 radical (unpaired) electrons. The maximum Gasteiger partial charge on any atom is 0.246 e. The molecule has 6 atom stereocenters. The largest absolute Gasteiger partial charge is 0.508 e. The van der Waals surface area contributed by atoms with E-state index in [1.165, 1.54) is 9.80 Å². The van der Waals surface area contributed by atoms with Crippen molar-refractivity contribution in [2.75, 3.05) is 9.80 Å². The summed E-state index contributed by atoms with van der Waals surface area (Å²) in [7, 11) is 0. The highest BCUT2D eigenvalue weighted by Crippen LogP contribution is 2.64. The van der Waals surface area contributed by atoms with E-state index >= 15 is 4.79 Å². The molecule has 2 aliphatic heterocycles. The molecule has 1 saturated carbocycles. The molecular formula is C45H33ClN2O6. The number of benzene rings is 5. The van der Waals surface area contributed by atoms with Crippen molar-refractivity contribution in [3.63, 3.8) is 0 Å². The zero-order valence-corrected chi connectivity index (χ0v) is 29.6. The molecule has 2 saturated heterocycles. The van der Waals surface area contributed by atoms with Crippen LogP contribution in [0.2, 0.25) is 5.02 Å². The second-order valence-corrected chi connectivity index (χ2v) is 14.9. The summed E-state index contributed by atoms with van der Waals surface area (Å²) in [5.41, 5.74) is 2.30. The molecule has 0 bridgehead atoms. The second-order valence-electron chi connectivity index (χ2n) is 14.4. The summed E-state index contributed by atoms with van der Waals surface area (Å²) in [6.45, 7) is 0. The first-order valence-corrected chi connectivity index (χ1v) is 18.3. The average Bonchev–Trinajstić information content (AvgIpc) is 3.59. The van der Waals surface area contributed by atoms with Gasteiger partial charge in [0.15, 0.2) is 5.78 Å². The average molecular weight is 733 g/mol. The molecule has 4 amide bonds. The number of phenolic OH excluding ortho intramolecular Hbond substituents is 1. The lowest BCUT2D eigenvalue weighted by Crippen LogP contribution is -2.53. The fourth-order valence-electron chi connectivity index (χ4n) is 9.60. The Hall–Kier alpha value is -6.12. The van der Waals surface area contributed by atoms with Crippen molar-refractivity contribution in [1.29, 1.82) is 0 Å². The summed E-state index contributed by atoms with van der Waals surface area (Å²) >= 11 is 6.39. The lowest BCUT2D eigenvalue weighted by molar-refractivity contribution is -0.127. The third-order valence-electron chi connectivity index (χ3n) is 11.8. The third-order valence-corrected chi connectivity index (χ3v) is 12.0. The zero-order chi connectivity index (χ0) is 37.3. The quantitative estimate of drug-likeness (QED) is 0.109. The van der Waals surface area contributed by atoms with Crippen molar-refractivity contribution in [1.82, 2.24) is 0 Å².